The van der Waals surface area contributed by atoms with Crippen LogP contribution in [-0.2, 0) is 20.7 Å². The van der Waals surface area contributed by atoms with Gasteiger partial charge in [0.25, 0.3) is 10.1 Å². The Labute approximate surface area is 367 Å². The fourth-order valence-corrected chi connectivity index (χ4v) is 8.37. The molecule has 0 spiro atoms. The summed E-state index contributed by atoms with van der Waals surface area (Å²) in [6.07, 6.45) is 2.63. The highest BCUT2D eigenvalue weighted by Crippen LogP contribution is 2.46. The first kappa shape index (κ1) is 45.3. The summed E-state index contributed by atoms with van der Waals surface area (Å²) in [6, 6.07) is 23.2. The minimum atomic E-state index is -3.41. The van der Waals surface area contributed by atoms with Gasteiger partial charge in [0.1, 0.15) is 41.1 Å². The number of rotatable bonds is 9. The van der Waals surface area contributed by atoms with Gasteiger partial charge in [-0.2, -0.15) is 8.42 Å². The van der Waals surface area contributed by atoms with Crippen LogP contribution in [0.25, 0.3) is 22.3 Å². The minimum Gasteiger partial charge on any atom is -0.496 e. The van der Waals surface area contributed by atoms with Crippen LogP contribution in [0.1, 0.15) is 72.0 Å². The summed E-state index contributed by atoms with van der Waals surface area (Å²) in [4.78, 5) is 2.34. The van der Waals surface area contributed by atoms with Gasteiger partial charge in [-0.25, -0.2) is 0 Å². The van der Waals surface area contributed by atoms with Crippen LogP contribution in [-0.4, -0.2) is 59.0 Å². The lowest BCUT2D eigenvalue weighted by atomic mass is 9.97. The zero-order valence-electron chi connectivity index (χ0n) is 35.8. The molecular formula is C46H51Cl2N3O9S. The Bertz CT molecular complexity index is 2520. The Morgan fingerprint density at radius 1 is 0.705 bits per heavy atom. The molecular weight excluding hydrogens is 841 g/mol. The molecule has 324 valence electrons. The van der Waals surface area contributed by atoms with Gasteiger partial charge in [-0.1, -0.05) is 57.8 Å². The van der Waals surface area contributed by atoms with E-state index >= 15 is 0 Å². The van der Waals surface area contributed by atoms with Gasteiger partial charge in [-0.15, -0.1) is 0 Å². The van der Waals surface area contributed by atoms with Gasteiger partial charge >= 0.3 is 0 Å². The van der Waals surface area contributed by atoms with Gasteiger partial charge < -0.3 is 32.9 Å². The minimum absolute atomic E-state index is 0.175. The highest BCUT2D eigenvalue weighted by atomic mass is 35.5. The smallest absolute Gasteiger partial charge is 0.264 e. The number of methoxy groups -OCH3 is 2. The van der Waals surface area contributed by atoms with Gasteiger partial charge in [0.2, 0.25) is 0 Å². The third-order valence-electron chi connectivity index (χ3n) is 10.5. The number of benzene rings is 4. The third-order valence-corrected chi connectivity index (χ3v) is 11.6. The lowest BCUT2D eigenvalue weighted by Gasteiger charge is -2.37. The van der Waals surface area contributed by atoms with Crippen molar-refractivity contribution in [3.05, 3.63) is 122 Å². The standard InChI is InChI=1S/C22H23ClN2O3.C15H17NO3.C9H11ClO3S/c1-13-22(15(3)28-24-13)18-11-21-19(12-20(18)26-4)25(9-10-27-21)14(2)16-5-7-17(23)8-6-16;1-9-15(10(2)19-16-9)12-8-13-11(5-4-6-18-13)7-14(12)17-3;1-7(13-14(2,11)12)8-3-5-9(10)6-4-8/h5-8,11-12,14H,9-10H2,1-4H3;7-8H,4-6H2,1-3H3;3-7H,1-2H3. The Balaban J connectivity index is 0.000000164. The second kappa shape index (κ2) is 19.7. The van der Waals surface area contributed by atoms with Crippen molar-refractivity contribution in [1.82, 2.24) is 10.3 Å². The van der Waals surface area contributed by atoms with E-state index in [1.807, 2.05) is 58.0 Å². The Hall–Kier alpha value is -5.21. The predicted molar refractivity (Wildman–Crippen MR) is 238 cm³/mol. The summed E-state index contributed by atoms with van der Waals surface area (Å²) in [5.41, 5.74) is 9.76. The SMILES string of the molecule is CC(OS(C)(=O)=O)c1ccc(Cl)cc1.COc1cc2c(cc1-c1c(C)noc1C)OCCC2.COc1cc2c(cc1-c1c(C)noc1C)OCCN2C(C)c1ccc(Cl)cc1. The second-order valence-corrected chi connectivity index (χ2v) is 17.3. The van der Waals surface area contributed by atoms with E-state index < -0.39 is 16.2 Å². The molecule has 0 bridgehead atoms. The van der Waals surface area contributed by atoms with Crippen LogP contribution >= 0.6 is 23.2 Å². The van der Waals surface area contributed by atoms with Crippen LogP contribution < -0.4 is 23.8 Å². The summed E-state index contributed by atoms with van der Waals surface area (Å²) in [5, 5.41) is 9.44. The molecule has 6 aromatic rings. The molecule has 8 rings (SSSR count). The maximum absolute atomic E-state index is 10.8. The number of nitrogens with zero attached hydrogens (tertiary/aromatic N) is 3. The Kier molecular flexibility index (Phi) is 14.6. The van der Waals surface area contributed by atoms with E-state index in [1.165, 1.54) is 11.1 Å². The first-order valence-electron chi connectivity index (χ1n) is 19.8. The monoisotopic (exact) mass is 891 g/mol. The molecule has 0 N–H and O–H groups in total. The number of halogens is 2. The summed E-state index contributed by atoms with van der Waals surface area (Å²) in [5.74, 6) is 4.96. The molecule has 4 aromatic carbocycles. The predicted octanol–water partition coefficient (Wildman–Crippen LogP) is 11.2. The number of aryl methyl sites for hydroxylation is 5. The van der Waals surface area contributed by atoms with E-state index in [0.29, 0.717) is 11.6 Å². The van der Waals surface area contributed by atoms with Crippen molar-refractivity contribution in [3.8, 4) is 45.3 Å². The molecule has 61 heavy (non-hydrogen) atoms. The fourth-order valence-electron chi connectivity index (χ4n) is 7.48. The maximum Gasteiger partial charge on any atom is 0.264 e. The van der Waals surface area contributed by atoms with Gasteiger partial charge in [-0.3, -0.25) is 4.18 Å². The van der Waals surface area contributed by atoms with Gasteiger partial charge in [-0.05, 0) is 114 Å². The first-order valence-corrected chi connectivity index (χ1v) is 22.4. The molecule has 0 saturated carbocycles. The van der Waals surface area contributed by atoms with Crippen LogP contribution in [0.4, 0.5) is 5.69 Å². The molecule has 2 aromatic heterocycles. The van der Waals surface area contributed by atoms with Crippen molar-refractivity contribution in [2.24, 2.45) is 0 Å². The molecule has 2 atom stereocenters. The van der Waals surface area contributed by atoms with E-state index in [-0.39, 0.29) is 6.04 Å². The molecule has 0 aliphatic carbocycles. The topological polar surface area (TPSA) is 136 Å². The van der Waals surface area contributed by atoms with Crippen LogP contribution in [0.3, 0.4) is 0 Å². The number of hydrogen-bond acceptors (Lipinski definition) is 12. The highest BCUT2D eigenvalue weighted by Gasteiger charge is 2.28. The maximum atomic E-state index is 10.8. The third kappa shape index (κ3) is 10.8. The largest absolute Gasteiger partial charge is 0.496 e. The van der Waals surface area contributed by atoms with Gasteiger partial charge in [0.05, 0.1) is 74.0 Å². The van der Waals surface area contributed by atoms with Crippen molar-refractivity contribution in [2.45, 2.75) is 66.5 Å². The normalized spacial score (nSPS) is 14.1. The van der Waals surface area contributed by atoms with Crippen LogP contribution in [0.5, 0.6) is 23.0 Å². The van der Waals surface area contributed by atoms with Gasteiger partial charge in [0, 0.05) is 27.2 Å². The van der Waals surface area contributed by atoms with Crippen molar-refractivity contribution < 1.29 is 40.6 Å². The molecule has 12 nitrogen and oxygen atoms in total. The molecule has 0 fully saturated rings. The van der Waals surface area contributed by atoms with E-state index in [9.17, 15) is 8.42 Å². The average molecular weight is 893 g/mol. The van der Waals surface area contributed by atoms with Crippen molar-refractivity contribution in [1.29, 1.82) is 0 Å². The van der Waals surface area contributed by atoms with E-state index in [2.05, 4.69) is 40.3 Å². The molecule has 0 saturated heterocycles. The first-order chi connectivity index (χ1) is 29.1. The summed E-state index contributed by atoms with van der Waals surface area (Å²) in [7, 11) is -0.0464. The van der Waals surface area contributed by atoms with E-state index in [1.54, 1.807) is 45.4 Å². The van der Waals surface area contributed by atoms with Gasteiger partial charge in [0.15, 0.2) is 0 Å². The quantitative estimate of drug-likeness (QED) is 0.128. The number of fused-ring (bicyclic) bond motifs is 2. The second-order valence-electron chi connectivity index (χ2n) is 14.8. The molecule has 2 unspecified atom stereocenters. The van der Waals surface area contributed by atoms with Crippen LogP contribution in [0.15, 0.2) is 81.8 Å². The molecule has 15 heteroatoms. The summed E-state index contributed by atoms with van der Waals surface area (Å²) in [6.45, 7) is 13.7. The Morgan fingerprint density at radius 2 is 1.21 bits per heavy atom. The van der Waals surface area contributed by atoms with E-state index in [4.69, 9.17) is 55.4 Å². The lowest BCUT2D eigenvalue weighted by molar-refractivity contribution is 0.237. The zero-order valence-corrected chi connectivity index (χ0v) is 38.1. The van der Waals surface area contributed by atoms with Crippen LogP contribution in [0, 0.1) is 27.7 Å². The molecule has 4 heterocycles. The van der Waals surface area contributed by atoms with Crippen molar-refractivity contribution in [3.63, 3.8) is 0 Å². The van der Waals surface area contributed by atoms with Crippen molar-refractivity contribution in [2.75, 3.05) is 45.1 Å². The van der Waals surface area contributed by atoms with Crippen LogP contribution in [0.2, 0.25) is 10.0 Å². The molecule has 2 aliphatic rings. The number of ether oxygens (including phenoxy) is 4. The number of anilines is 1. The van der Waals surface area contributed by atoms with E-state index in [0.717, 1.165) is 117 Å². The summed E-state index contributed by atoms with van der Waals surface area (Å²) < 4.78 is 60.0. The Morgan fingerprint density at radius 3 is 1.72 bits per heavy atom. The fraction of sp³-hybridized carbons (Fsp3) is 0.348. The lowest BCUT2D eigenvalue weighted by Crippen LogP contribution is -2.35. The number of aromatic nitrogens is 2. The molecule has 2 aliphatic heterocycles. The zero-order chi connectivity index (χ0) is 44.0. The van der Waals surface area contributed by atoms with Crippen molar-refractivity contribution >= 4 is 39.0 Å². The molecule has 0 amide bonds. The highest BCUT2D eigenvalue weighted by molar-refractivity contribution is 7.86. The average Bonchev–Trinajstić information content (AvgIpc) is 3.76. The number of hydrogen-bond donors (Lipinski definition) is 0. The summed E-state index contributed by atoms with van der Waals surface area (Å²) >= 11 is 11.7. The molecule has 0 radical (unpaired) electrons.